The highest BCUT2D eigenvalue weighted by Crippen LogP contribution is 2.32. The Bertz CT molecular complexity index is 1810. The molecular weight excluding hydrogens is 612 g/mol. The standard InChI is InChI=1S/C34H35ClN4O5S/c1-5-20-8-7-9-21(6-2)30(20)39-28(14-19(3)4)24(32(41)38-16-26(34(43)44)36-29(40)17-38)15-25(33(39)42)31-37-27(18-45-31)22-10-12-23(35)13-11-22/h7-13,15,18-19,26H,5-6,14,16-17H2,1-4H3,(H,36,40)(H,43,44)/t26-/m0/s1. The van der Waals surface area contributed by atoms with Gasteiger partial charge >= 0.3 is 5.97 Å². The molecule has 11 heteroatoms. The van der Waals surface area contributed by atoms with Crippen molar-refractivity contribution in [2.45, 2.75) is 53.0 Å². The Labute approximate surface area is 270 Å². The molecule has 3 heterocycles. The summed E-state index contributed by atoms with van der Waals surface area (Å²) < 4.78 is 1.67. The van der Waals surface area contributed by atoms with E-state index in [-0.39, 0.29) is 35.7 Å². The molecular formula is C34H35ClN4O5S. The van der Waals surface area contributed by atoms with Gasteiger partial charge in [-0.1, -0.05) is 69.6 Å². The van der Waals surface area contributed by atoms with Crippen LogP contribution in [-0.4, -0.2) is 56.5 Å². The molecule has 0 spiro atoms. The summed E-state index contributed by atoms with van der Waals surface area (Å²) >= 11 is 7.38. The third-order valence-electron chi connectivity index (χ3n) is 7.86. The number of hydrogen-bond acceptors (Lipinski definition) is 6. The fraction of sp³-hybridized carbons (Fsp3) is 0.324. The summed E-state index contributed by atoms with van der Waals surface area (Å²) in [6.07, 6.45) is 1.72. The van der Waals surface area contributed by atoms with Crippen LogP contribution in [0.25, 0.3) is 27.5 Å². The summed E-state index contributed by atoms with van der Waals surface area (Å²) in [4.78, 5) is 59.4. The van der Waals surface area contributed by atoms with Gasteiger partial charge < -0.3 is 15.3 Å². The summed E-state index contributed by atoms with van der Waals surface area (Å²) in [6, 6.07) is 13.5. The number of carbonyl (C=O) groups excluding carboxylic acids is 2. The minimum atomic E-state index is -1.23. The van der Waals surface area contributed by atoms with Crippen LogP contribution in [0.3, 0.4) is 0 Å². The maximum Gasteiger partial charge on any atom is 0.328 e. The number of thiazole rings is 1. The third kappa shape index (κ3) is 6.57. The number of halogens is 1. The van der Waals surface area contributed by atoms with Gasteiger partial charge in [0, 0.05) is 21.7 Å². The van der Waals surface area contributed by atoms with E-state index in [2.05, 4.69) is 5.32 Å². The molecule has 1 aliphatic heterocycles. The Morgan fingerprint density at radius 2 is 1.76 bits per heavy atom. The third-order valence-corrected chi connectivity index (χ3v) is 8.98. The zero-order chi connectivity index (χ0) is 32.4. The minimum Gasteiger partial charge on any atom is -0.480 e. The van der Waals surface area contributed by atoms with E-state index in [0.29, 0.717) is 40.7 Å². The molecule has 0 radical (unpaired) electrons. The summed E-state index contributed by atoms with van der Waals surface area (Å²) in [7, 11) is 0. The molecule has 9 nitrogen and oxygen atoms in total. The van der Waals surface area contributed by atoms with Crippen molar-refractivity contribution in [2.24, 2.45) is 5.92 Å². The quantitative estimate of drug-likeness (QED) is 0.243. The molecule has 1 aliphatic rings. The number of piperazine rings is 1. The molecule has 1 fully saturated rings. The van der Waals surface area contributed by atoms with Crippen LogP contribution in [0, 0.1) is 5.92 Å². The van der Waals surface area contributed by atoms with Crippen molar-refractivity contribution >= 4 is 40.7 Å². The van der Waals surface area contributed by atoms with Gasteiger partial charge in [-0.2, -0.15) is 0 Å². The predicted molar refractivity (Wildman–Crippen MR) is 176 cm³/mol. The molecule has 4 aromatic rings. The summed E-state index contributed by atoms with van der Waals surface area (Å²) in [5.41, 5.74) is 4.88. The van der Waals surface area contributed by atoms with Gasteiger partial charge in [0.2, 0.25) is 5.91 Å². The highest BCUT2D eigenvalue weighted by molar-refractivity contribution is 7.13. The molecule has 0 saturated carbocycles. The zero-order valence-electron chi connectivity index (χ0n) is 25.6. The van der Waals surface area contributed by atoms with E-state index in [1.165, 1.54) is 16.2 Å². The predicted octanol–water partition coefficient (Wildman–Crippen LogP) is 5.63. The molecule has 0 unspecified atom stereocenters. The molecule has 2 N–H and O–H groups in total. The summed E-state index contributed by atoms with van der Waals surface area (Å²) in [5, 5.41) is 15.0. The number of benzene rings is 2. The Hall–Kier alpha value is -4.28. The van der Waals surface area contributed by atoms with Crippen molar-refractivity contribution in [3.05, 3.63) is 91.7 Å². The van der Waals surface area contributed by atoms with Crippen LogP contribution in [0.5, 0.6) is 0 Å². The number of amides is 2. The lowest BCUT2D eigenvalue weighted by Crippen LogP contribution is -2.58. The number of hydrogen-bond donors (Lipinski definition) is 2. The average Bonchev–Trinajstić information content (AvgIpc) is 3.50. The Kier molecular flexibility index (Phi) is 9.55. The number of aromatic nitrogens is 2. The van der Waals surface area contributed by atoms with Crippen LogP contribution >= 0.6 is 22.9 Å². The highest BCUT2D eigenvalue weighted by Gasteiger charge is 2.35. The maximum atomic E-state index is 14.7. The lowest BCUT2D eigenvalue weighted by Gasteiger charge is -2.32. The second-order valence-electron chi connectivity index (χ2n) is 11.5. The maximum absolute atomic E-state index is 14.7. The fourth-order valence-electron chi connectivity index (χ4n) is 5.68. The molecule has 0 bridgehead atoms. The SMILES string of the molecule is CCc1cccc(CC)c1-n1c(CC(C)C)c(C(=O)N2CC(=O)N[C@H](C(=O)O)C2)cc(-c2nc(-c3ccc(Cl)cc3)cs2)c1=O. The normalized spacial score (nSPS) is 14.9. The summed E-state index contributed by atoms with van der Waals surface area (Å²) in [5.74, 6) is -2.23. The first-order valence-electron chi connectivity index (χ1n) is 15.0. The summed E-state index contributed by atoms with van der Waals surface area (Å²) in [6.45, 7) is 7.59. The van der Waals surface area contributed by atoms with Crippen molar-refractivity contribution in [2.75, 3.05) is 13.1 Å². The van der Waals surface area contributed by atoms with Crippen LogP contribution in [0.15, 0.2) is 58.7 Å². The molecule has 2 amide bonds. The van der Waals surface area contributed by atoms with Gasteiger partial charge in [-0.15, -0.1) is 11.3 Å². The van der Waals surface area contributed by atoms with Crippen LogP contribution in [-0.2, 0) is 28.9 Å². The van der Waals surface area contributed by atoms with E-state index in [1.54, 1.807) is 22.8 Å². The molecule has 0 aliphatic carbocycles. The first-order valence-corrected chi connectivity index (χ1v) is 16.2. The van der Waals surface area contributed by atoms with Crippen LogP contribution < -0.4 is 10.9 Å². The number of carbonyl (C=O) groups is 3. The molecule has 1 atom stereocenters. The molecule has 2 aromatic carbocycles. The van der Waals surface area contributed by atoms with Gasteiger partial charge in [-0.05, 0) is 54.5 Å². The van der Waals surface area contributed by atoms with E-state index in [9.17, 15) is 24.3 Å². The Morgan fingerprint density at radius 1 is 1.09 bits per heavy atom. The number of nitrogens with one attached hydrogen (secondary N) is 1. The lowest BCUT2D eigenvalue weighted by atomic mass is 9.96. The van der Waals surface area contributed by atoms with E-state index >= 15 is 0 Å². The number of aliphatic carboxylic acids is 1. The van der Waals surface area contributed by atoms with E-state index < -0.39 is 23.8 Å². The first kappa shape index (κ1) is 32.1. The van der Waals surface area contributed by atoms with Gasteiger partial charge in [0.25, 0.3) is 11.5 Å². The number of carboxylic acid groups (broad SMARTS) is 1. The molecule has 234 valence electrons. The van der Waals surface area contributed by atoms with Crippen LogP contribution in [0.1, 0.15) is 54.9 Å². The highest BCUT2D eigenvalue weighted by atomic mass is 35.5. The number of rotatable bonds is 9. The van der Waals surface area contributed by atoms with Crippen molar-refractivity contribution in [3.8, 4) is 27.5 Å². The second-order valence-corrected chi connectivity index (χ2v) is 12.8. The first-order chi connectivity index (χ1) is 21.5. The number of nitrogens with zero attached hydrogens (tertiary/aromatic N) is 3. The van der Waals surface area contributed by atoms with Gasteiger partial charge in [-0.3, -0.25) is 19.0 Å². The Morgan fingerprint density at radius 3 is 2.36 bits per heavy atom. The van der Waals surface area contributed by atoms with E-state index in [1.807, 2.05) is 63.4 Å². The number of aryl methyl sites for hydroxylation is 2. The lowest BCUT2D eigenvalue weighted by molar-refractivity contribution is -0.144. The molecule has 45 heavy (non-hydrogen) atoms. The van der Waals surface area contributed by atoms with Crippen molar-refractivity contribution in [1.82, 2.24) is 19.8 Å². The van der Waals surface area contributed by atoms with Gasteiger partial charge in [0.15, 0.2) is 0 Å². The van der Waals surface area contributed by atoms with E-state index in [0.717, 1.165) is 22.4 Å². The van der Waals surface area contributed by atoms with Crippen LogP contribution in [0.4, 0.5) is 0 Å². The number of carboxylic acids is 1. The molecule has 1 saturated heterocycles. The Balaban J connectivity index is 1.79. The minimum absolute atomic E-state index is 0.0692. The largest absolute Gasteiger partial charge is 0.480 e. The monoisotopic (exact) mass is 646 g/mol. The second kappa shape index (κ2) is 13.4. The van der Waals surface area contributed by atoms with Crippen LogP contribution in [0.2, 0.25) is 5.02 Å². The van der Waals surface area contributed by atoms with E-state index in [4.69, 9.17) is 16.6 Å². The van der Waals surface area contributed by atoms with Gasteiger partial charge in [-0.25, -0.2) is 9.78 Å². The smallest absolute Gasteiger partial charge is 0.328 e. The topological polar surface area (TPSA) is 122 Å². The molecule has 5 rings (SSSR count). The van der Waals surface area contributed by atoms with Gasteiger partial charge in [0.1, 0.15) is 11.0 Å². The van der Waals surface area contributed by atoms with Crippen molar-refractivity contribution < 1.29 is 19.5 Å². The van der Waals surface area contributed by atoms with Gasteiger partial charge in [0.05, 0.1) is 35.6 Å². The van der Waals surface area contributed by atoms with Crippen molar-refractivity contribution in [3.63, 3.8) is 0 Å². The number of pyridine rings is 1. The van der Waals surface area contributed by atoms with Crippen molar-refractivity contribution in [1.29, 1.82) is 0 Å². The fourth-order valence-corrected chi connectivity index (χ4v) is 6.64. The molecule has 2 aromatic heterocycles. The zero-order valence-corrected chi connectivity index (χ0v) is 27.2. The average molecular weight is 647 g/mol. The number of para-hydroxylation sites is 1.